The van der Waals surface area contributed by atoms with Crippen LogP contribution in [0.15, 0.2) is 35.4 Å². The van der Waals surface area contributed by atoms with Crippen molar-refractivity contribution in [3.05, 3.63) is 35.9 Å². The van der Waals surface area contributed by atoms with Crippen LogP contribution in [-0.4, -0.2) is 36.3 Å². The number of rotatable bonds is 6. The van der Waals surface area contributed by atoms with Crippen LogP contribution in [0, 0.1) is 11.8 Å². The van der Waals surface area contributed by atoms with Crippen LogP contribution in [-0.2, 0) is 20.7 Å². The first-order chi connectivity index (χ1) is 12.7. The molecule has 2 N–H and O–H groups in total. The third-order valence-corrected chi connectivity index (χ3v) is 5.79. The number of nitrogens with zero attached hydrogens (tertiary/aromatic N) is 1. The average Bonchev–Trinajstić information content (AvgIpc) is 3.09. The second-order valence-electron chi connectivity index (χ2n) is 7.45. The predicted molar refractivity (Wildman–Crippen MR) is 97.5 cm³/mol. The number of hydrogen-bond donors (Lipinski definition) is 2. The molecule has 1 saturated heterocycles. The largest absolute Gasteiger partial charge is 0.377 e. The van der Waals surface area contributed by atoms with Crippen molar-refractivity contribution in [3.63, 3.8) is 0 Å². The zero-order chi connectivity index (χ0) is 17.9. The lowest BCUT2D eigenvalue weighted by Crippen LogP contribution is -2.62. The van der Waals surface area contributed by atoms with Crippen molar-refractivity contribution in [1.29, 1.82) is 0 Å². The van der Waals surface area contributed by atoms with E-state index in [0.717, 1.165) is 25.2 Å². The molecule has 138 valence electrons. The first-order valence-corrected chi connectivity index (χ1v) is 9.50. The standard InChI is InChI=1S/C20H25N3O3/c24-17(8-6-14-7-9-18(25)23-22-14)21-19-15-10-11-26-20(15)16(19)12-13-4-2-1-3-5-13/h1-5,15-16,19-20H,6-12H2,(H,21,24)(H,23,25)/t15-,16+,19-,20-/m0/s1. The SMILES string of the molecule is O=C1CCC(CCC(=O)N[C@@H]2[C@@H](Cc3ccccc3)[C@H]3OCC[C@@H]23)=NN1. The molecule has 2 aliphatic heterocycles. The fourth-order valence-electron chi connectivity index (χ4n) is 4.38. The van der Waals surface area contributed by atoms with Gasteiger partial charge in [-0.15, -0.1) is 0 Å². The van der Waals surface area contributed by atoms with E-state index in [1.54, 1.807) is 0 Å². The summed E-state index contributed by atoms with van der Waals surface area (Å²) in [6, 6.07) is 10.6. The molecule has 0 spiro atoms. The molecule has 0 unspecified atom stereocenters. The third-order valence-electron chi connectivity index (χ3n) is 5.79. The molecule has 2 fully saturated rings. The molecule has 6 heteroatoms. The second-order valence-corrected chi connectivity index (χ2v) is 7.45. The number of fused-ring (bicyclic) bond motifs is 1. The normalized spacial score (nSPS) is 30.0. The van der Waals surface area contributed by atoms with Gasteiger partial charge in [0, 0.05) is 43.0 Å². The van der Waals surface area contributed by atoms with Gasteiger partial charge in [0.1, 0.15) is 0 Å². The Hall–Kier alpha value is -2.21. The van der Waals surface area contributed by atoms with Gasteiger partial charge >= 0.3 is 0 Å². The Balaban J connectivity index is 1.32. The number of carbonyl (C=O) groups excluding carboxylic acids is 2. The first kappa shape index (κ1) is 17.2. The van der Waals surface area contributed by atoms with Gasteiger partial charge < -0.3 is 10.1 Å². The van der Waals surface area contributed by atoms with Crippen LogP contribution in [0.4, 0.5) is 0 Å². The van der Waals surface area contributed by atoms with E-state index >= 15 is 0 Å². The van der Waals surface area contributed by atoms with E-state index in [2.05, 4.69) is 40.1 Å². The molecule has 0 radical (unpaired) electrons. The fourth-order valence-corrected chi connectivity index (χ4v) is 4.38. The van der Waals surface area contributed by atoms with Crippen LogP contribution < -0.4 is 10.7 Å². The van der Waals surface area contributed by atoms with E-state index in [0.29, 0.717) is 37.5 Å². The van der Waals surface area contributed by atoms with E-state index in [4.69, 9.17) is 4.74 Å². The summed E-state index contributed by atoms with van der Waals surface area (Å²) in [6.07, 6.45) is 4.37. The van der Waals surface area contributed by atoms with Gasteiger partial charge in [-0.1, -0.05) is 30.3 Å². The highest BCUT2D eigenvalue weighted by Gasteiger charge is 2.53. The van der Waals surface area contributed by atoms with Crippen LogP contribution in [0.1, 0.15) is 37.7 Å². The molecule has 2 heterocycles. The number of ether oxygens (including phenoxy) is 1. The van der Waals surface area contributed by atoms with Crippen molar-refractivity contribution in [1.82, 2.24) is 10.7 Å². The number of amides is 2. The molecule has 2 amide bonds. The first-order valence-electron chi connectivity index (χ1n) is 9.50. The van der Waals surface area contributed by atoms with E-state index in [9.17, 15) is 9.59 Å². The van der Waals surface area contributed by atoms with Crippen LogP contribution in [0.3, 0.4) is 0 Å². The maximum Gasteiger partial charge on any atom is 0.240 e. The quantitative estimate of drug-likeness (QED) is 0.816. The van der Waals surface area contributed by atoms with Gasteiger partial charge in [0.2, 0.25) is 11.8 Å². The number of hydrogen-bond acceptors (Lipinski definition) is 4. The summed E-state index contributed by atoms with van der Waals surface area (Å²) in [5.74, 6) is 0.806. The summed E-state index contributed by atoms with van der Waals surface area (Å²) in [5, 5.41) is 7.28. The smallest absolute Gasteiger partial charge is 0.240 e. The molecule has 1 saturated carbocycles. The molecule has 3 aliphatic rings. The van der Waals surface area contributed by atoms with Gasteiger partial charge in [-0.2, -0.15) is 5.10 Å². The van der Waals surface area contributed by atoms with E-state index in [1.165, 1.54) is 5.56 Å². The van der Waals surface area contributed by atoms with Gasteiger partial charge in [0.05, 0.1) is 6.10 Å². The molecule has 0 bridgehead atoms. The Morgan fingerprint density at radius 3 is 2.88 bits per heavy atom. The van der Waals surface area contributed by atoms with Crippen molar-refractivity contribution in [2.24, 2.45) is 16.9 Å². The van der Waals surface area contributed by atoms with Crippen molar-refractivity contribution in [2.45, 2.75) is 50.7 Å². The minimum Gasteiger partial charge on any atom is -0.377 e. The summed E-state index contributed by atoms with van der Waals surface area (Å²) >= 11 is 0. The minimum absolute atomic E-state index is 0.0521. The van der Waals surface area contributed by atoms with Gasteiger partial charge in [-0.25, -0.2) is 5.43 Å². The summed E-state index contributed by atoms with van der Waals surface area (Å²) in [6.45, 7) is 0.795. The van der Waals surface area contributed by atoms with Crippen molar-refractivity contribution >= 4 is 17.5 Å². The molecule has 4 rings (SSSR count). The van der Waals surface area contributed by atoms with Crippen LogP contribution in [0.5, 0.6) is 0 Å². The van der Waals surface area contributed by atoms with Crippen molar-refractivity contribution < 1.29 is 14.3 Å². The molecule has 1 aromatic carbocycles. The van der Waals surface area contributed by atoms with Gasteiger partial charge in [-0.3, -0.25) is 9.59 Å². The number of nitrogens with one attached hydrogen (secondary N) is 2. The van der Waals surface area contributed by atoms with Crippen molar-refractivity contribution in [2.75, 3.05) is 6.61 Å². The molecule has 1 aliphatic carbocycles. The lowest BCUT2D eigenvalue weighted by atomic mass is 9.64. The Morgan fingerprint density at radius 2 is 2.12 bits per heavy atom. The molecule has 26 heavy (non-hydrogen) atoms. The Morgan fingerprint density at radius 1 is 1.27 bits per heavy atom. The maximum atomic E-state index is 12.4. The minimum atomic E-state index is -0.0521. The Labute approximate surface area is 153 Å². The fraction of sp³-hybridized carbons (Fsp3) is 0.550. The molecule has 0 aromatic heterocycles. The number of carbonyl (C=O) groups is 2. The van der Waals surface area contributed by atoms with Crippen LogP contribution >= 0.6 is 0 Å². The summed E-state index contributed by atoms with van der Waals surface area (Å²) in [4.78, 5) is 23.6. The van der Waals surface area contributed by atoms with Gasteiger partial charge in [-0.05, 0) is 31.2 Å². The highest BCUT2D eigenvalue weighted by molar-refractivity contribution is 5.94. The van der Waals surface area contributed by atoms with Gasteiger partial charge in [0.15, 0.2) is 0 Å². The zero-order valence-electron chi connectivity index (χ0n) is 14.8. The lowest BCUT2D eigenvalue weighted by Gasteiger charge is -2.48. The van der Waals surface area contributed by atoms with Crippen LogP contribution in [0.25, 0.3) is 0 Å². The molecule has 6 nitrogen and oxygen atoms in total. The lowest BCUT2D eigenvalue weighted by molar-refractivity contribution is -0.127. The summed E-state index contributed by atoms with van der Waals surface area (Å²) < 4.78 is 5.90. The van der Waals surface area contributed by atoms with Gasteiger partial charge in [0.25, 0.3) is 0 Å². The Kier molecular flexibility index (Phi) is 5.02. The Bertz CT molecular complexity index is 704. The molecule has 1 aromatic rings. The van der Waals surface area contributed by atoms with Crippen molar-refractivity contribution in [3.8, 4) is 0 Å². The van der Waals surface area contributed by atoms with E-state index < -0.39 is 0 Å². The third kappa shape index (κ3) is 3.65. The second kappa shape index (κ2) is 7.58. The number of benzene rings is 1. The van der Waals surface area contributed by atoms with E-state index in [1.807, 2.05) is 6.07 Å². The monoisotopic (exact) mass is 355 g/mol. The average molecular weight is 355 g/mol. The summed E-state index contributed by atoms with van der Waals surface area (Å²) in [5.41, 5.74) is 4.67. The van der Waals surface area contributed by atoms with E-state index in [-0.39, 0.29) is 24.0 Å². The number of hydrazone groups is 1. The highest BCUT2D eigenvalue weighted by atomic mass is 16.5. The molecular weight excluding hydrogens is 330 g/mol. The molecule has 4 atom stereocenters. The summed E-state index contributed by atoms with van der Waals surface area (Å²) in [7, 11) is 0. The molecular formula is C20H25N3O3. The van der Waals surface area contributed by atoms with Crippen LogP contribution in [0.2, 0.25) is 0 Å². The predicted octanol–water partition coefficient (Wildman–Crippen LogP) is 1.79. The topological polar surface area (TPSA) is 79.8 Å². The zero-order valence-corrected chi connectivity index (χ0v) is 14.8. The maximum absolute atomic E-state index is 12.4. The highest BCUT2D eigenvalue weighted by Crippen LogP contribution is 2.45.